The number of fused-ring (bicyclic) bond motifs is 5. The van der Waals surface area contributed by atoms with E-state index >= 15 is 0 Å². The molecule has 0 aliphatic heterocycles. The van der Waals surface area contributed by atoms with Crippen LogP contribution in [-0.2, 0) is 11.2 Å². The minimum Gasteiger partial charge on any atom is -0.389 e. The van der Waals surface area contributed by atoms with Gasteiger partial charge < -0.3 is 5.11 Å². The fourth-order valence-corrected chi connectivity index (χ4v) is 8.56. The molecule has 0 heterocycles. The van der Waals surface area contributed by atoms with Gasteiger partial charge in [-0.2, -0.15) is 0 Å². The smallest absolute Gasteiger partial charge is 0.133 e. The molecule has 2 nitrogen and oxygen atoms in total. The summed E-state index contributed by atoms with van der Waals surface area (Å²) in [5.74, 6) is 3.31. The van der Waals surface area contributed by atoms with E-state index in [0.717, 1.165) is 50.4 Å². The van der Waals surface area contributed by atoms with Crippen LogP contribution < -0.4 is 0 Å². The first-order chi connectivity index (χ1) is 13.9. The third-order valence-electron chi connectivity index (χ3n) is 10.5. The Morgan fingerprint density at radius 3 is 2.52 bits per heavy atom. The molecule has 4 fully saturated rings. The van der Waals surface area contributed by atoms with Crippen molar-refractivity contribution < 1.29 is 9.90 Å². The fraction of sp³-hybridized carbons (Fsp3) is 0.741. The molecule has 1 aromatic rings. The molecule has 2 heteroatoms. The van der Waals surface area contributed by atoms with E-state index in [0.29, 0.717) is 23.0 Å². The maximum Gasteiger partial charge on any atom is 0.133 e. The normalized spacial score (nSPS) is 46.7. The monoisotopic (exact) mass is 394 g/mol. The lowest BCUT2D eigenvalue weighted by atomic mass is 9.44. The van der Waals surface area contributed by atoms with Gasteiger partial charge in [0.05, 0.1) is 5.60 Å². The third-order valence-corrected chi connectivity index (χ3v) is 10.5. The fourth-order valence-electron chi connectivity index (χ4n) is 8.56. The topological polar surface area (TPSA) is 37.3 Å². The summed E-state index contributed by atoms with van der Waals surface area (Å²) in [4.78, 5) is 12.1. The number of rotatable bonds is 3. The predicted molar refractivity (Wildman–Crippen MR) is 116 cm³/mol. The molecule has 0 bridgehead atoms. The number of carbonyl (C=O) groups excluding carboxylic acids is 1. The van der Waals surface area contributed by atoms with Gasteiger partial charge in [-0.15, -0.1) is 0 Å². The number of hydrogen-bond acceptors (Lipinski definition) is 2. The molecule has 1 N–H and O–H groups in total. The van der Waals surface area contributed by atoms with Gasteiger partial charge in [0.15, 0.2) is 0 Å². The van der Waals surface area contributed by atoms with E-state index in [2.05, 4.69) is 44.2 Å². The van der Waals surface area contributed by atoms with Gasteiger partial charge in [0.2, 0.25) is 0 Å². The van der Waals surface area contributed by atoms with Gasteiger partial charge in [0.25, 0.3) is 0 Å². The van der Waals surface area contributed by atoms with Crippen LogP contribution in [0.4, 0.5) is 0 Å². The van der Waals surface area contributed by atoms with Crippen LogP contribution in [-0.4, -0.2) is 16.5 Å². The Morgan fingerprint density at radius 1 is 0.966 bits per heavy atom. The molecule has 0 aromatic heterocycles. The highest BCUT2D eigenvalue weighted by Crippen LogP contribution is 2.68. The molecule has 0 saturated heterocycles. The van der Waals surface area contributed by atoms with Crippen LogP contribution in [0, 0.1) is 34.5 Å². The van der Waals surface area contributed by atoms with Crippen molar-refractivity contribution in [1.29, 1.82) is 0 Å². The SMILES string of the molecule is C[C@]12CCC(=O)C[C@H]1CC[C@@H]1[C@@H]2CC[C@@]2(C)[C@H]1CC[C@]2(O)CCc1ccccc1. The minimum atomic E-state index is -0.515. The second-order valence-corrected chi connectivity index (χ2v) is 11.4. The van der Waals surface area contributed by atoms with Crippen molar-refractivity contribution in [2.45, 2.75) is 90.1 Å². The van der Waals surface area contributed by atoms with Gasteiger partial charge in [-0.25, -0.2) is 0 Å². The van der Waals surface area contributed by atoms with Crippen LogP contribution in [0.3, 0.4) is 0 Å². The zero-order chi connectivity index (χ0) is 20.3. The molecule has 0 amide bonds. The van der Waals surface area contributed by atoms with Crippen molar-refractivity contribution in [2.75, 3.05) is 0 Å². The molecule has 0 unspecified atom stereocenters. The van der Waals surface area contributed by atoms with Gasteiger partial charge in [-0.1, -0.05) is 44.2 Å². The van der Waals surface area contributed by atoms with Crippen LogP contribution in [0.1, 0.15) is 83.6 Å². The Hall–Kier alpha value is -1.15. The van der Waals surface area contributed by atoms with Gasteiger partial charge in [-0.05, 0) is 97.9 Å². The summed E-state index contributed by atoms with van der Waals surface area (Å²) in [6.07, 6.45) is 11.7. The summed E-state index contributed by atoms with van der Waals surface area (Å²) in [5, 5.41) is 11.9. The van der Waals surface area contributed by atoms with E-state index in [9.17, 15) is 9.90 Å². The molecule has 5 rings (SSSR count). The summed E-state index contributed by atoms with van der Waals surface area (Å²) in [6.45, 7) is 4.94. The van der Waals surface area contributed by atoms with E-state index < -0.39 is 5.60 Å². The van der Waals surface area contributed by atoms with Crippen LogP contribution in [0.15, 0.2) is 30.3 Å². The molecule has 4 saturated carbocycles. The van der Waals surface area contributed by atoms with Crippen LogP contribution in [0.2, 0.25) is 0 Å². The molecule has 0 spiro atoms. The van der Waals surface area contributed by atoms with Crippen molar-refractivity contribution in [3.8, 4) is 0 Å². The number of ketones is 1. The highest BCUT2D eigenvalue weighted by atomic mass is 16.3. The first kappa shape index (κ1) is 19.8. The van der Waals surface area contributed by atoms with E-state index in [-0.39, 0.29) is 5.41 Å². The van der Waals surface area contributed by atoms with Crippen molar-refractivity contribution >= 4 is 5.78 Å². The average molecular weight is 395 g/mol. The number of aryl methyl sites for hydroxylation is 1. The number of carbonyl (C=O) groups is 1. The van der Waals surface area contributed by atoms with E-state index in [4.69, 9.17) is 0 Å². The zero-order valence-electron chi connectivity index (χ0n) is 18.3. The maximum absolute atomic E-state index is 12.1. The lowest BCUT2D eigenvalue weighted by molar-refractivity contribution is -0.158. The highest BCUT2D eigenvalue weighted by molar-refractivity contribution is 5.79. The van der Waals surface area contributed by atoms with E-state index in [1.165, 1.54) is 37.7 Å². The van der Waals surface area contributed by atoms with E-state index in [1.54, 1.807) is 0 Å². The third kappa shape index (κ3) is 2.96. The Morgan fingerprint density at radius 2 is 1.72 bits per heavy atom. The summed E-state index contributed by atoms with van der Waals surface area (Å²) >= 11 is 0. The Bertz CT molecular complexity index is 772. The van der Waals surface area contributed by atoms with Gasteiger partial charge in [0.1, 0.15) is 5.78 Å². The molecular weight excluding hydrogens is 356 g/mol. The second-order valence-electron chi connectivity index (χ2n) is 11.4. The number of Topliss-reactive ketones (excluding diaryl/α,β-unsaturated/α-hetero) is 1. The summed E-state index contributed by atoms with van der Waals surface area (Å²) < 4.78 is 0. The minimum absolute atomic E-state index is 0.0661. The molecule has 158 valence electrons. The quantitative estimate of drug-likeness (QED) is 0.686. The molecule has 0 radical (unpaired) electrons. The maximum atomic E-state index is 12.1. The molecule has 7 atom stereocenters. The predicted octanol–water partition coefficient (Wildman–Crippen LogP) is 5.96. The number of hydrogen-bond donors (Lipinski definition) is 1. The number of benzene rings is 1. The molecule has 1 aromatic carbocycles. The zero-order valence-corrected chi connectivity index (χ0v) is 18.3. The lowest BCUT2D eigenvalue weighted by Gasteiger charge is -2.61. The van der Waals surface area contributed by atoms with Crippen LogP contribution in [0.5, 0.6) is 0 Å². The van der Waals surface area contributed by atoms with Crippen LogP contribution in [0.25, 0.3) is 0 Å². The Labute approximate surface area is 176 Å². The van der Waals surface area contributed by atoms with Crippen molar-refractivity contribution in [1.82, 2.24) is 0 Å². The first-order valence-electron chi connectivity index (χ1n) is 12.1. The molecule has 4 aliphatic carbocycles. The van der Waals surface area contributed by atoms with Crippen molar-refractivity contribution in [3.63, 3.8) is 0 Å². The van der Waals surface area contributed by atoms with Crippen molar-refractivity contribution in [2.24, 2.45) is 34.5 Å². The number of aliphatic hydroxyl groups is 1. The Kier molecular flexibility index (Phi) is 4.74. The Balaban J connectivity index is 1.36. The summed E-state index contributed by atoms with van der Waals surface area (Å²) in [6, 6.07) is 10.7. The second kappa shape index (κ2) is 6.94. The average Bonchev–Trinajstić information content (AvgIpc) is 2.99. The van der Waals surface area contributed by atoms with Gasteiger partial charge in [0, 0.05) is 12.8 Å². The largest absolute Gasteiger partial charge is 0.389 e. The standard InChI is InChI=1S/C27H38O2/c1-25-14-11-21(28)18-20(25)8-9-22-23(25)12-15-26(2)24(22)13-17-27(26,29)16-10-19-6-4-3-5-7-19/h3-7,20,22-24,29H,8-18H2,1-2H3/t20-,22-,23+,24+,25+,26+,27-/m1/s1. The molecule has 29 heavy (non-hydrogen) atoms. The highest BCUT2D eigenvalue weighted by Gasteiger charge is 2.64. The first-order valence-corrected chi connectivity index (χ1v) is 12.1. The summed E-state index contributed by atoms with van der Waals surface area (Å²) in [5.41, 5.74) is 1.26. The van der Waals surface area contributed by atoms with Gasteiger partial charge >= 0.3 is 0 Å². The lowest BCUT2D eigenvalue weighted by Crippen LogP contribution is -2.56. The van der Waals surface area contributed by atoms with Crippen LogP contribution >= 0.6 is 0 Å². The van der Waals surface area contributed by atoms with E-state index in [1.807, 2.05) is 0 Å². The van der Waals surface area contributed by atoms with Gasteiger partial charge in [-0.3, -0.25) is 4.79 Å². The molecular formula is C27H38O2. The molecule has 4 aliphatic rings. The summed E-state index contributed by atoms with van der Waals surface area (Å²) in [7, 11) is 0. The van der Waals surface area contributed by atoms with Crippen molar-refractivity contribution in [3.05, 3.63) is 35.9 Å².